The molecule has 0 heterocycles. The molecule has 0 atom stereocenters. The van der Waals surface area contributed by atoms with Crippen LogP contribution in [0.4, 0.5) is 0 Å². The third-order valence-electron chi connectivity index (χ3n) is 1.39. The second-order valence-corrected chi connectivity index (χ2v) is 3.25. The van der Waals surface area contributed by atoms with Crippen LogP contribution in [0.25, 0.3) is 6.08 Å². The fourth-order valence-corrected chi connectivity index (χ4v) is 1.18. The number of carbonyl (C=O) groups excluding carboxylic acids is 1. The van der Waals surface area contributed by atoms with Gasteiger partial charge in [0.15, 0.2) is 0 Å². The lowest BCUT2D eigenvalue weighted by Gasteiger charge is -1.97. The second-order valence-electron chi connectivity index (χ2n) is 2.40. The average molecular weight is 216 g/mol. The van der Waals surface area contributed by atoms with Gasteiger partial charge in [-0.2, -0.15) is 0 Å². The minimum Gasteiger partial charge on any atom is -0.366 e. The van der Waals surface area contributed by atoms with Gasteiger partial charge in [-0.25, -0.2) is 0 Å². The Bertz CT molecular complexity index is 361. The predicted molar refractivity (Wildman–Crippen MR) is 54.7 cm³/mol. The van der Waals surface area contributed by atoms with Crippen LogP contribution in [0, 0.1) is 0 Å². The van der Waals surface area contributed by atoms with Gasteiger partial charge < -0.3 is 5.73 Å². The normalized spacial score (nSPS) is 10.6. The standard InChI is InChI=1S/C9H7Cl2NO/c10-7-2-3-8(11)6(5-7)1-4-9(12)13/h1-5H,(H2,12,13)/b4-1+. The molecule has 0 spiro atoms. The van der Waals surface area contributed by atoms with Gasteiger partial charge in [-0.05, 0) is 29.8 Å². The predicted octanol–water partition coefficient (Wildman–Crippen LogP) is 2.49. The summed E-state index contributed by atoms with van der Waals surface area (Å²) >= 11 is 11.5. The topological polar surface area (TPSA) is 43.1 Å². The highest BCUT2D eigenvalue weighted by atomic mass is 35.5. The second kappa shape index (κ2) is 4.30. The van der Waals surface area contributed by atoms with E-state index < -0.39 is 5.91 Å². The smallest absolute Gasteiger partial charge is 0.241 e. The molecule has 0 fully saturated rings. The number of nitrogens with two attached hydrogens (primary N) is 1. The van der Waals surface area contributed by atoms with Crippen molar-refractivity contribution in [3.63, 3.8) is 0 Å². The molecule has 0 saturated heterocycles. The van der Waals surface area contributed by atoms with Crippen LogP contribution in [0.3, 0.4) is 0 Å². The highest BCUT2D eigenvalue weighted by molar-refractivity contribution is 6.34. The van der Waals surface area contributed by atoms with Crippen molar-refractivity contribution in [1.82, 2.24) is 0 Å². The lowest BCUT2D eigenvalue weighted by atomic mass is 10.2. The summed E-state index contributed by atoms with van der Waals surface area (Å²) in [5.41, 5.74) is 5.60. The van der Waals surface area contributed by atoms with E-state index in [-0.39, 0.29) is 0 Å². The molecular weight excluding hydrogens is 209 g/mol. The molecule has 0 aliphatic carbocycles. The van der Waals surface area contributed by atoms with E-state index >= 15 is 0 Å². The van der Waals surface area contributed by atoms with Crippen molar-refractivity contribution in [1.29, 1.82) is 0 Å². The van der Waals surface area contributed by atoms with Crippen molar-refractivity contribution >= 4 is 35.2 Å². The molecule has 0 aliphatic heterocycles. The van der Waals surface area contributed by atoms with Gasteiger partial charge in [0.2, 0.25) is 5.91 Å². The lowest BCUT2D eigenvalue weighted by Crippen LogP contribution is -2.05. The van der Waals surface area contributed by atoms with Crippen LogP contribution >= 0.6 is 23.2 Å². The lowest BCUT2D eigenvalue weighted by molar-refractivity contribution is -0.113. The largest absolute Gasteiger partial charge is 0.366 e. The van der Waals surface area contributed by atoms with E-state index in [0.29, 0.717) is 15.6 Å². The number of carbonyl (C=O) groups is 1. The zero-order chi connectivity index (χ0) is 9.84. The van der Waals surface area contributed by atoms with Gasteiger partial charge in [0, 0.05) is 16.1 Å². The van der Waals surface area contributed by atoms with E-state index in [1.807, 2.05) is 0 Å². The van der Waals surface area contributed by atoms with E-state index in [1.54, 1.807) is 18.2 Å². The number of hydrogen-bond acceptors (Lipinski definition) is 1. The van der Waals surface area contributed by atoms with Gasteiger partial charge in [-0.1, -0.05) is 23.2 Å². The summed E-state index contributed by atoms with van der Waals surface area (Å²) in [6, 6.07) is 4.99. The van der Waals surface area contributed by atoms with Crippen molar-refractivity contribution in [3.05, 3.63) is 39.9 Å². The van der Waals surface area contributed by atoms with E-state index in [1.165, 1.54) is 12.2 Å². The van der Waals surface area contributed by atoms with E-state index in [2.05, 4.69) is 0 Å². The molecule has 2 nitrogen and oxygen atoms in total. The Morgan fingerprint density at radius 3 is 2.69 bits per heavy atom. The first kappa shape index (κ1) is 10.1. The van der Waals surface area contributed by atoms with Crippen LogP contribution in [0.2, 0.25) is 10.0 Å². The van der Waals surface area contributed by atoms with Gasteiger partial charge in [0.25, 0.3) is 0 Å². The Balaban J connectivity index is 3.00. The van der Waals surface area contributed by atoms with E-state index in [9.17, 15) is 4.79 Å². The third-order valence-corrected chi connectivity index (χ3v) is 1.96. The molecule has 13 heavy (non-hydrogen) atoms. The molecule has 0 saturated carbocycles. The molecule has 1 amide bonds. The van der Waals surface area contributed by atoms with Crippen molar-refractivity contribution in [2.24, 2.45) is 5.73 Å². The van der Waals surface area contributed by atoms with E-state index in [4.69, 9.17) is 28.9 Å². The molecule has 0 aromatic heterocycles. The summed E-state index contributed by atoms with van der Waals surface area (Å²) in [7, 11) is 0. The zero-order valence-electron chi connectivity index (χ0n) is 6.63. The van der Waals surface area contributed by atoms with Gasteiger partial charge in [-0.3, -0.25) is 4.79 Å². The molecule has 68 valence electrons. The first-order valence-corrected chi connectivity index (χ1v) is 4.28. The van der Waals surface area contributed by atoms with Crippen LogP contribution in [0.1, 0.15) is 5.56 Å². The number of benzene rings is 1. The Kier molecular flexibility index (Phi) is 3.34. The number of halogens is 2. The van der Waals surface area contributed by atoms with Crippen LogP contribution in [-0.4, -0.2) is 5.91 Å². The molecule has 0 radical (unpaired) electrons. The molecule has 1 aromatic rings. The Hall–Kier alpha value is -0.990. The van der Waals surface area contributed by atoms with Gasteiger partial charge >= 0.3 is 0 Å². The summed E-state index contributed by atoms with van der Waals surface area (Å²) in [6.07, 6.45) is 2.76. The molecule has 4 heteroatoms. The van der Waals surface area contributed by atoms with Gasteiger partial charge in [0.05, 0.1) is 0 Å². The summed E-state index contributed by atoms with van der Waals surface area (Å²) < 4.78 is 0. The third kappa shape index (κ3) is 3.09. The minimum atomic E-state index is -0.518. The highest BCUT2D eigenvalue weighted by Gasteiger charge is 1.97. The van der Waals surface area contributed by atoms with Gasteiger partial charge in [0.1, 0.15) is 0 Å². The molecule has 1 aromatic carbocycles. The number of amides is 1. The molecule has 2 N–H and O–H groups in total. The average Bonchev–Trinajstić information content (AvgIpc) is 2.06. The Labute approximate surface area is 85.9 Å². The first-order chi connectivity index (χ1) is 6.09. The van der Waals surface area contributed by atoms with Crippen molar-refractivity contribution in [3.8, 4) is 0 Å². The van der Waals surface area contributed by atoms with Crippen molar-refractivity contribution in [2.45, 2.75) is 0 Å². The summed E-state index contributed by atoms with van der Waals surface area (Å²) in [5.74, 6) is -0.518. The number of hydrogen-bond donors (Lipinski definition) is 1. The van der Waals surface area contributed by atoms with Gasteiger partial charge in [-0.15, -0.1) is 0 Å². The van der Waals surface area contributed by atoms with Crippen LogP contribution in [0.15, 0.2) is 24.3 Å². The highest BCUT2D eigenvalue weighted by Crippen LogP contribution is 2.21. The number of rotatable bonds is 2. The van der Waals surface area contributed by atoms with Crippen LogP contribution in [0.5, 0.6) is 0 Å². The SMILES string of the molecule is NC(=O)/C=C/c1cc(Cl)ccc1Cl. The zero-order valence-corrected chi connectivity index (χ0v) is 8.14. The molecule has 0 aliphatic rings. The Morgan fingerprint density at radius 1 is 1.38 bits per heavy atom. The first-order valence-electron chi connectivity index (χ1n) is 3.52. The van der Waals surface area contributed by atoms with Crippen molar-refractivity contribution < 1.29 is 4.79 Å². The molecule has 0 unspecified atom stereocenters. The monoisotopic (exact) mass is 215 g/mol. The Morgan fingerprint density at radius 2 is 2.08 bits per heavy atom. The minimum absolute atomic E-state index is 0.518. The molecule has 0 bridgehead atoms. The molecular formula is C9H7Cl2NO. The number of primary amides is 1. The molecule has 1 rings (SSSR count). The maximum atomic E-state index is 10.4. The quantitative estimate of drug-likeness (QED) is 0.758. The van der Waals surface area contributed by atoms with Crippen molar-refractivity contribution in [2.75, 3.05) is 0 Å². The van der Waals surface area contributed by atoms with E-state index in [0.717, 1.165) is 0 Å². The summed E-state index contributed by atoms with van der Waals surface area (Å²) in [4.78, 5) is 10.4. The maximum Gasteiger partial charge on any atom is 0.241 e. The van der Waals surface area contributed by atoms with Crippen LogP contribution in [-0.2, 0) is 4.79 Å². The maximum absolute atomic E-state index is 10.4. The fourth-order valence-electron chi connectivity index (χ4n) is 0.814. The van der Waals surface area contributed by atoms with Crippen LogP contribution < -0.4 is 5.73 Å². The summed E-state index contributed by atoms with van der Waals surface area (Å²) in [5, 5.41) is 1.09. The summed E-state index contributed by atoms with van der Waals surface area (Å²) in [6.45, 7) is 0. The fraction of sp³-hybridized carbons (Fsp3) is 0.